The fourth-order valence-corrected chi connectivity index (χ4v) is 2.04. The quantitative estimate of drug-likeness (QED) is 0.818. The molecule has 0 saturated carbocycles. The lowest BCUT2D eigenvalue weighted by Gasteiger charge is -2.02. The number of nitrogens with two attached hydrogens (primary N) is 1. The van der Waals surface area contributed by atoms with E-state index in [-0.39, 0.29) is 5.69 Å². The fourth-order valence-electron chi connectivity index (χ4n) is 1.34. The lowest BCUT2D eigenvalue weighted by Crippen LogP contribution is -2.08. The molecule has 0 saturated heterocycles. The van der Waals surface area contributed by atoms with Crippen LogP contribution in [0.15, 0.2) is 23.8 Å². The minimum atomic E-state index is -0.512. The first-order chi connectivity index (χ1) is 7.72. The maximum Gasteiger partial charge on any atom is 0.360 e. The number of imidazole rings is 1. The Hall–Kier alpha value is -1.82. The number of rotatable bonds is 3. The minimum Gasteiger partial charge on any atom is -0.464 e. The van der Waals surface area contributed by atoms with Crippen LogP contribution in [0.2, 0.25) is 0 Å². The molecule has 84 valence electrons. The molecular formula is C10H11N3O2S. The molecule has 0 spiro atoms. The van der Waals surface area contributed by atoms with E-state index >= 15 is 0 Å². The lowest BCUT2D eigenvalue weighted by molar-refractivity contribution is 0.0596. The van der Waals surface area contributed by atoms with Crippen LogP contribution in [-0.4, -0.2) is 22.6 Å². The number of anilines is 1. The monoisotopic (exact) mass is 237 g/mol. The number of methoxy groups -OCH3 is 1. The molecule has 2 aromatic heterocycles. The summed E-state index contributed by atoms with van der Waals surface area (Å²) in [6.45, 7) is 0.619. The molecule has 0 atom stereocenters. The maximum absolute atomic E-state index is 11.3. The standard InChI is InChI=1S/C10H11N3O2S/c1-15-10(14)8-9(11)13(6-12-8)5-7-3-2-4-16-7/h2-4,6H,5,11H2,1H3. The molecule has 0 amide bonds. The molecule has 16 heavy (non-hydrogen) atoms. The van der Waals surface area contributed by atoms with E-state index in [4.69, 9.17) is 5.73 Å². The predicted molar refractivity (Wildman–Crippen MR) is 61.4 cm³/mol. The Morgan fingerprint density at radius 3 is 3.12 bits per heavy atom. The highest BCUT2D eigenvalue weighted by Crippen LogP contribution is 2.16. The summed E-state index contributed by atoms with van der Waals surface area (Å²) in [5.74, 6) is -0.178. The van der Waals surface area contributed by atoms with E-state index in [1.165, 1.54) is 7.11 Å². The van der Waals surface area contributed by atoms with Gasteiger partial charge in [0.1, 0.15) is 5.82 Å². The van der Waals surface area contributed by atoms with Crippen LogP contribution in [0.5, 0.6) is 0 Å². The molecule has 0 radical (unpaired) electrons. The van der Waals surface area contributed by atoms with Gasteiger partial charge in [0, 0.05) is 4.88 Å². The van der Waals surface area contributed by atoms with Gasteiger partial charge < -0.3 is 15.0 Å². The van der Waals surface area contributed by atoms with Gasteiger partial charge in [0.05, 0.1) is 20.0 Å². The largest absolute Gasteiger partial charge is 0.464 e. The number of hydrogen-bond donors (Lipinski definition) is 1. The molecule has 2 aromatic rings. The van der Waals surface area contributed by atoms with Crippen LogP contribution in [0.25, 0.3) is 0 Å². The fraction of sp³-hybridized carbons (Fsp3) is 0.200. The van der Waals surface area contributed by atoms with Crippen molar-refractivity contribution in [1.29, 1.82) is 0 Å². The van der Waals surface area contributed by atoms with Crippen LogP contribution in [-0.2, 0) is 11.3 Å². The number of thiophene rings is 1. The molecule has 6 heteroatoms. The zero-order chi connectivity index (χ0) is 11.5. The Bertz CT molecular complexity index is 490. The first kappa shape index (κ1) is 10.7. The van der Waals surface area contributed by atoms with Gasteiger partial charge in [-0.05, 0) is 11.4 Å². The highest BCUT2D eigenvalue weighted by atomic mass is 32.1. The Kier molecular flexibility index (Phi) is 2.91. The second kappa shape index (κ2) is 4.36. The summed E-state index contributed by atoms with van der Waals surface area (Å²) < 4.78 is 6.29. The second-order valence-corrected chi connectivity index (χ2v) is 4.21. The molecule has 2 heterocycles. The van der Waals surface area contributed by atoms with Gasteiger partial charge >= 0.3 is 5.97 Å². The van der Waals surface area contributed by atoms with Gasteiger partial charge in [0.2, 0.25) is 0 Å². The number of esters is 1. The Balaban J connectivity index is 2.23. The van der Waals surface area contributed by atoms with Gasteiger partial charge in [-0.25, -0.2) is 9.78 Å². The molecule has 5 nitrogen and oxygen atoms in total. The van der Waals surface area contributed by atoms with Gasteiger partial charge in [-0.15, -0.1) is 11.3 Å². The van der Waals surface area contributed by atoms with Crippen LogP contribution >= 0.6 is 11.3 Å². The van der Waals surface area contributed by atoms with Crippen LogP contribution in [0.1, 0.15) is 15.4 Å². The Morgan fingerprint density at radius 2 is 2.50 bits per heavy atom. The molecule has 2 rings (SSSR count). The van der Waals surface area contributed by atoms with Crippen molar-refractivity contribution in [1.82, 2.24) is 9.55 Å². The van der Waals surface area contributed by atoms with Crippen molar-refractivity contribution in [3.63, 3.8) is 0 Å². The third-order valence-electron chi connectivity index (χ3n) is 2.16. The molecule has 0 fully saturated rings. The number of nitrogen functional groups attached to an aromatic ring is 1. The Labute approximate surface area is 96.5 Å². The van der Waals surface area contributed by atoms with E-state index in [0.717, 1.165) is 4.88 Å². The number of ether oxygens (including phenoxy) is 1. The summed E-state index contributed by atoms with van der Waals surface area (Å²) in [7, 11) is 1.31. The van der Waals surface area contributed by atoms with E-state index in [1.54, 1.807) is 22.2 Å². The third kappa shape index (κ3) is 1.92. The zero-order valence-corrected chi connectivity index (χ0v) is 9.53. The summed E-state index contributed by atoms with van der Waals surface area (Å²) in [4.78, 5) is 16.4. The van der Waals surface area contributed by atoms with Crippen molar-refractivity contribution in [3.05, 3.63) is 34.4 Å². The van der Waals surface area contributed by atoms with Crippen LogP contribution in [0, 0.1) is 0 Å². The second-order valence-electron chi connectivity index (χ2n) is 3.18. The first-order valence-corrected chi connectivity index (χ1v) is 5.51. The van der Waals surface area contributed by atoms with Crippen molar-refractivity contribution in [2.24, 2.45) is 0 Å². The molecule has 0 aliphatic rings. The summed E-state index contributed by atoms with van der Waals surface area (Å²) in [6, 6.07) is 3.97. The number of hydrogen-bond acceptors (Lipinski definition) is 5. The molecule has 2 N–H and O–H groups in total. The minimum absolute atomic E-state index is 0.166. The SMILES string of the molecule is COC(=O)c1ncn(Cc2cccs2)c1N. The third-order valence-corrected chi connectivity index (χ3v) is 3.02. The Morgan fingerprint density at radius 1 is 1.69 bits per heavy atom. The smallest absolute Gasteiger partial charge is 0.360 e. The molecule has 0 unspecified atom stereocenters. The normalized spacial score (nSPS) is 10.3. The van der Waals surface area contributed by atoms with E-state index < -0.39 is 5.97 Å². The number of carbonyl (C=O) groups is 1. The van der Waals surface area contributed by atoms with Gasteiger partial charge in [-0.2, -0.15) is 0 Å². The van der Waals surface area contributed by atoms with Crippen molar-refractivity contribution >= 4 is 23.1 Å². The summed E-state index contributed by atoms with van der Waals surface area (Å²) in [5.41, 5.74) is 5.97. The molecular weight excluding hydrogens is 226 g/mol. The highest BCUT2D eigenvalue weighted by Gasteiger charge is 2.16. The molecule has 0 aliphatic heterocycles. The average molecular weight is 237 g/mol. The highest BCUT2D eigenvalue weighted by molar-refractivity contribution is 7.09. The number of aromatic nitrogens is 2. The van der Waals surface area contributed by atoms with Gasteiger partial charge in [-0.1, -0.05) is 6.07 Å². The molecule has 0 aromatic carbocycles. The summed E-state index contributed by atoms with van der Waals surface area (Å²) >= 11 is 1.63. The van der Waals surface area contributed by atoms with Crippen LogP contribution < -0.4 is 5.73 Å². The van der Waals surface area contributed by atoms with Gasteiger partial charge in [-0.3, -0.25) is 0 Å². The average Bonchev–Trinajstić information content (AvgIpc) is 2.90. The number of nitrogens with zero attached hydrogens (tertiary/aromatic N) is 2. The molecule has 0 bridgehead atoms. The lowest BCUT2D eigenvalue weighted by atomic mass is 10.4. The van der Waals surface area contributed by atoms with E-state index in [0.29, 0.717) is 12.4 Å². The van der Waals surface area contributed by atoms with E-state index in [2.05, 4.69) is 9.72 Å². The van der Waals surface area contributed by atoms with Crippen LogP contribution in [0.4, 0.5) is 5.82 Å². The van der Waals surface area contributed by atoms with Crippen molar-refractivity contribution < 1.29 is 9.53 Å². The van der Waals surface area contributed by atoms with Gasteiger partial charge in [0.25, 0.3) is 0 Å². The van der Waals surface area contributed by atoms with Gasteiger partial charge in [0.15, 0.2) is 5.69 Å². The number of carbonyl (C=O) groups excluding carboxylic acids is 1. The zero-order valence-electron chi connectivity index (χ0n) is 8.71. The van der Waals surface area contributed by atoms with Crippen molar-refractivity contribution in [2.45, 2.75) is 6.54 Å². The summed E-state index contributed by atoms with van der Waals surface area (Å²) in [5, 5.41) is 1.99. The van der Waals surface area contributed by atoms with Crippen molar-refractivity contribution in [3.8, 4) is 0 Å². The summed E-state index contributed by atoms with van der Waals surface area (Å²) in [6.07, 6.45) is 1.54. The topological polar surface area (TPSA) is 70.1 Å². The van der Waals surface area contributed by atoms with E-state index in [9.17, 15) is 4.79 Å². The molecule has 0 aliphatic carbocycles. The van der Waals surface area contributed by atoms with E-state index in [1.807, 2.05) is 17.5 Å². The predicted octanol–water partition coefficient (Wildman–Crippen LogP) is 1.36. The van der Waals surface area contributed by atoms with Crippen molar-refractivity contribution in [2.75, 3.05) is 12.8 Å². The van der Waals surface area contributed by atoms with Crippen LogP contribution in [0.3, 0.4) is 0 Å². The first-order valence-electron chi connectivity index (χ1n) is 4.63. The maximum atomic E-state index is 11.3.